The second-order valence-electron chi connectivity index (χ2n) is 16.6. The quantitative estimate of drug-likeness (QED) is 0.170. The van der Waals surface area contributed by atoms with E-state index in [0.29, 0.717) is 0 Å². The fraction of sp³-hybridized carbons (Fsp3) is 0.0545. The minimum Gasteiger partial charge on any atom is -0.317 e. The Morgan fingerprint density at radius 1 is 0.322 bits per heavy atom. The van der Waals surface area contributed by atoms with Gasteiger partial charge in [-0.1, -0.05) is 98.8 Å². The van der Waals surface area contributed by atoms with Crippen LogP contribution < -0.4 is 0 Å². The van der Waals surface area contributed by atoms with Crippen LogP contribution in [0.4, 0.5) is 0 Å². The molecule has 0 saturated heterocycles. The van der Waals surface area contributed by atoms with Crippen LogP contribution in [0.3, 0.4) is 0 Å². The van der Waals surface area contributed by atoms with E-state index in [2.05, 4.69) is 227 Å². The van der Waals surface area contributed by atoms with Gasteiger partial charge in [0, 0.05) is 72.9 Å². The van der Waals surface area contributed by atoms with Gasteiger partial charge in [-0.05, 0) is 119 Å². The zero-order chi connectivity index (χ0) is 39.0. The molecule has 0 radical (unpaired) electrons. The number of hydrogen-bond acceptors (Lipinski definition) is 0. The van der Waals surface area contributed by atoms with Gasteiger partial charge in [0.25, 0.3) is 0 Å². The van der Waals surface area contributed by atoms with Crippen LogP contribution in [-0.4, -0.2) is 18.3 Å². The van der Waals surface area contributed by atoms with Crippen LogP contribution in [0.1, 0.15) is 25.0 Å². The molecule has 59 heavy (non-hydrogen) atoms. The first kappa shape index (κ1) is 32.5. The fourth-order valence-electron chi connectivity index (χ4n) is 10.5. The highest BCUT2D eigenvalue weighted by Crippen LogP contribution is 2.51. The van der Waals surface area contributed by atoms with Crippen molar-refractivity contribution in [3.8, 4) is 33.9 Å². The Morgan fingerprint density at radius 2 is 0.712 bits per heavy atom. The van der Waals surface area contributed by atoms with Gasteiger partial charge in [-0.15, -0.1) is 0 Å². The molecule has 1 aliphatic carbocycles. The molecule has 0 saturated carbocycles. The molecule has 278 valence electrons. The predicted octanol–water partition coefficient (Wildman–Crippen LogP) is 14.1. The van der Waals surface area contributed by atoms with E-state index >= 15 is 0 Å². The van der Waals surface area contributed by atoms with Gasteiger partial charge < -0.3 is 18.3 Å². The van der Waals surface area contributed by atoms with Crippen LogP contribution >= 0.6 is 0 Å². The third kappa shape index (κ3) is 4.38. The SMILES string of the molecule is CC1(C)c2cc(-n3c4ccccc4c4c5ccn(-c6ccccc6)c5ccc43)ccc2-c2ccc(-n3c4ccccc4c4c5ccn(-c6ccccc6)c5ccc43)cc21. The molecule has 8 aromatic carbocycles. The van der Waals surface area contributed by atoms with Crippen molar-refractivity contribution in [1.29, 1.82) is 0 Å². The number of para-hydroxylation sites is 4. The molecule has 0 unspecified atom stereocenters. The Balaban J connectivity index is 0.958. The summed E-state index contributed by atoms with van der Waals surface area (Å²) >= 11 is 0. The Morgan fingerprint density at radius 3 is 1.17 bits per heavy atom. The highest BCUT2D eigenvalue weighted by molar-refractivity contribution is 6.22. The Bertz CT molecular complexity index is 3440. The summed E-state index contributed by atoms with van der Waals surface area (Å²) in [6.07, 6.45) is 4.41. The largest absolute Gasteiger partial charge is 0.317 e. The van der Waals surface area contributed by atoms with E-state index in [1.807, 2.05) is 0 Å². The van der Waals surface area contributed by atoms with E-state index in [4.69, 9.17) is 0 Å². The lowest BCUT2D eigenvalue weighted by Gasteiger charge is -2.23. The standard InChI is InChI=1S/C55H38N4/c1-55(2)45-33-37(58-49-19-11-9-17-41(49)53-43-29-31-56(35-13-5-3-6-14-35)47(43)25-27-51(53)58)21-23-39(45)40-24-22-38(34-46(40)55)59-50-20-12-10-18-42(50)54-44-30-32-57(36-15-7-4-8-16-36)48(44)26-28-52(54)59/h3-34H,1-2H3. The summed E-state index contributed by atoms with van der Waals surface area (Å²) in [5.74, 6) is 0. The molecular formula is C55H38N4. The second kappa shape index (κ2) is 11.7. The first-order valence-corrected chi connectivity index (χ1v) is 20.5. The summed E-state index contributed by atoms with van der Waals surface area (Å²) < 4.78 is 9.54. The molecule has 4 heteroatoms. The van der Waals surface area contributed by atoms with E-state index < -0.39 is 0 Å². The van der Waals surface area contributed by atoms with Crippen LogP contribution in [0.2, 0.25) is 0 Å². The van der Waals surface area contributed by atoms with Gasteiger partial charge in [0.1, 0.15) is 0 Å². The van der Waals surface area contributed by atoms with Crippen LogP contribution in [0.5, 0.6) is 0 Å². The Labute approximate surface area is 341 Å². The van der Waals surface area contributed by atoms with Gasteiger partial charge in [-0.25, -0.2) is 0 Å². The third-order valence-electron chi connectivity index (χ3n) is 13.2. The number of benzene rings is 8. The normalized spacial score (nSPS) is 13.4. The van der Waals surface area contributed by atoms with Gasteiger partial charge in [0.15, 0.2) is 0 Å². The number of fused-ring (bicyclic) bond motifs is 13. The van der Waals surface area contributed by atoms with Crippen LogP contribution in [0, 0.1) is 0 Å². The number of aromatic nitrogens is 4. The minimum absolute atomic E-state index is 0.214. The average molecular weight is 755 g/mol. The molecular weight excluding hydrogens is 717 g/mol. The second-order valence-corrected chi connectivity index (χ2v) is 16.6. The van der Waals surface area contributed by atoms with E-state index in [1.165, 1.54) is 110 Å². The first-order valence-electron chi connectivity index (χ1n) is 20.5. The van der Waals surface area contributed by atoms with Gasteiger partial charge in [-0.2, -0.15) is 0 Å². The van der Waals surface area contributed by atoms with E-state index in [9.17, 15) is 0 Å². The lowest BCUT2D eigenvalue weighted by Crippen LogP contribution is -2.16. The maximum Gasteiger partial charge on any atom is 0.0548 e. The third-order valence-corrected chi connectivity index (χ3v) is 13.2. The fourth-order valence-corrected chi connectivity index (χ4v) is 10.5. The van der Waals surface area contributed by atoms with Crippen molar-refractivity contribution < 1.29 is 0 Å². The summed E-state index contributed by atoms with van der Waals surface area (Å²) in [6.45, 7) is 4.79. The topological polar surface area (TPSA) is 19.7 Å². The Hall–Kier alpha value is -7.56. The van der Waals surface area contributed by atoms with Crippen molar-refractivity contribution in [2.75, 3.05) is 0 Å². The van der Waals surface area contributed by atoms with Crippen molar-refractivity contribution in [3.05, 3.63) is 206 Å². The summed E-state index contributed by atoms with van der Waals surface area (Å²) in [4.78, 5) is 0. The average Bonchev–Trinajstić information content (AvgIpc) is 4.10. The monoisotopic (exact) mass is 754 g/mol. The molecule has 0 amide bonds. The van der Waals surface area contributed by atoms with Crippen molar-refractivity contribution in [2.24, 2.45) is 0 Å². The van der Waals surface area contributed by atoms with Crippen LogP contribution in [0.25, 0.3) is 99.3 Å². The van der Waals surface area contributed by atoms with Crippen molar-refractivity contribution in [2.45, 2.75) is 19.3 Å². The zero-order valence-corrected chi connectivity index (χ0v) is 32.8. The zero-order valence-electron chi connectivity index (χ0n) is 32.8. The van der Waals surface area contributed by atoms with Crippen molar-refractivity contribution >= 4 is 65.4 Å². The van der Waals surface area contributed by atoms with Crippen molar-refractivity contribution in [3.63, 3.8) is 0 Å². The number of nitrogens with zero attached hydrogens (tertiary/aromatic N) is 4. The Kier molecular flexibility index (Phi) is 6.48. The molecule has 0 fully saturated rings. The highest BCUT2D eigenvalue weighted by Gasteiger charge is 2.36. The molecule has 0 spiro atoms. The van der Waals surface area contributed by atoms with Crippen LogP contribution in [0.15, 0.2) is 194 Å². The molecule has 0 N–H and O–H groups in total. The van der Waals surface area contributed by atoms with Crippen molar-refractivity contribution in [1.82, 2.24) is 18.3 Å². The maximum absolute atomic E-state index is 2.47. The molecule has 13 rings (SSSR count). The van der Waals surface area contributed by atoms with E-state index in [0.717, 1.165) is 0 Å². The van der Waals surface area contributed by atoms with Gasteiger partial charge >= 0.3 is 0 Å². The highest BCUT2D eigenvalue weighted by atomic mass is 15.0. The minimum atomic E-state index is -0.214. The van der Waals surface area contributed by atoms with Gasteiger partial charge in [0.2, 0.25) is 0 Å². The summed E-state index contributed by atoms with van der Waals surface area (Å²) in [5.41, 5.74) is 17.2. The van der Waals surface area contributed by atoms with Gasteiger partial charge in [-0.3, -0.25) is 0 Å². The molecule has 4 nitrogen and oxygen atoms in total. The van der Waals surface area contributed by atoms with Crippen LogP contribution in [-0.2, 0) is 5.41 Å². The molecule has 1 aliphatic rings. The maximum atomic E-state index is 2.47. The molecule has 0 aliphatic heterocycles. The lowest BCUT2D eigenvalue weighted by molar-refractivity contribution is 0.659. The number of rotatable bonds is 4. The first-order chi connectivity index (χ1) is 29.0. The van der Waals surface area contributed by atoms with E-state index in [-0.39, 0.29) is 5.41 Å². The smallest absolute Gasteiger partial charge is 0.0548 e. The predicted molar refractivity (Wildman–Crippen MR) is 246 cm³/mol. The summed E-state index contributed by atoms with van der Waals surface area (Å²) in [7, 11) is 0. The molecule has 4 heterocycles. The molecule has 4 aromatic heterocycles. The molecule has 0 bridgehead atoms. The lowest BCUT2D eigenvalue weighted by atomic mass is 9.82. The summed E-state index contributed by atoms with van der Waals surface area (Å²) in [6, 6.07) is 67.0. The molecule has 12 aromatic rings. The van der Waals surface area contributed by atoms with Gasteiger partial charge in [0.05, 0.1) is 33.1 Å². The number of hydrogen-bond donors (Lipinski definition) is 0. The van der Waals surface area contributed by atoms with E-state index in [1.54, 1.807) is 0 Å². The molecule has 0 atom stereocenters. The summed E-state index contributed by atoms with van der Waals surface area (Å²) in [5, 5.41) is 7.66.